The lowest BCUT2D eigenvalue weighted by Gasteiger charge is -2.19. The molecule has 5 nitrogen and oxygen atoms in total. The molecule has 138 valence electrons. The number of hydrogen-bond acceptors (Lipinski definition) is 5. The first-order valence-corrected chi connectivity index (χ1v) is 8.81. The minimum Gasteiger partial charge on any atom is -0.504 e. The smallest absolute Gasteiger partial charge is 0.172 e. The van der Waals surface area contributed by atoms with Crippen LogP contribution in [-0.4, -0.2) is 27.1 Å². The molecule has 0 aliphatic carbocycles. The summed E-state index contributed by atoms with van der Waals surface area (Å²) in [5.74, 6) is 0.502. The molecule has 1 heterocycles. The number of nitrogens with one attached hydrogen (secondary N) is 1. The van der Waals surface area contributed by atoms with Gasteiger partial charge in [0.25, 0.3) is 0 Å². The van der Waals surface area contributed by atoms with E-state index in [1.807, 2.05) is 19.1 Å². The Balaban J connectivity index is 2.05. The van der Waals surface area contributed by atoms with E-state index in [-0.39, 0.29) is 22.8 Å². The summed E-state index contributed by atoms with van der Waals surface area (Å²) in [5.41, 5.74) is 3.25. The van der Waals surface area contributed by atoms with Crippen LogP contribution in [0, 0.1) is 18.3 Å². The first-order valence-electron chi connectivity index (χ1n) is 8.81. The van der Waals surface area contributed by atoms with Crippen LogP contribution in [0.2, 0.25) is 0 Å². The highest BCUT2D eigenvalue weighted by atomic mass is 16.3. The third-order valence-electron chi connectivity index (χ3n) is 4.43. The van der Waals surface area contributed by atoms with Crippen LogP contribution < -0.4 is 0 Å². The van der Waals surface area contributed by atoms with Crippen molar-refractivity contribution in [3.63, 3.8) is 0 Å². The molecule has 0 fully saturated rings. The van der Waals surface area contributed by atoms with Crippen LogP contribution in [0.4, 0.5) is 0 Å². The molecule has 0 amide bonds. The normalized spacial score (nSPS) is 12.7. The van der Waals surface area contributed by atoms with E-state index >= 15 is 0 Å². The zero-order chi connectivity index (χ0) is 19.5. The Kier molecular flexibility index (Phi) is 5.90. The average molecular weight is 353 g/mol. The van der Waals surface area contributed by atoms with Crippen LogP contribution in [-0.2, 0) is 11.8 Å². The van der Waals surface area contributed by atoms with Crippen molar-refractivity contribution in [2.75, 3.05) is 0 Å². The minimum atomic E-state index is -0.164. The molecular formula is C21H27N3O2. The molecule has 0 saturated carbocycles. The van der Waals surface area contributed by atoms with Gasteiger partial charge >= 0.3 is 0 Å². The van der Waals surface area contributed by atoms with E-state index in [0.29, 0.717) is 36.4 Å². The van der Waals surface area contributed by atoms with Gasteiger partial charge in [0.1, 0.15) is 11.5 Å². The molecule has 0 spiro atoms. The number of rotatable bonds is 6. The summed E-state index contributed by atoms with van der Waals surface area (Å²) in [4.78, 5) is 19.4. The number of aryl methyl sites for hydroxylation is 1. The second-order valence-corrected chi connectivity index (χ2v) is 7.90. The van der Waals surface area contributed by atoms with Gasteiger partial charge in [-0.05, 0) is 35.8 Å². The first kappa shape index (κ1) is 19.8. The summed E-state index contributed by atoms with van der Waals surface area (Å²) >= 11 is 0. The van der Waals surface area contributed by atoms with Gasteiger partial charge in [0.2, 0.25) is 0 Å². The largest absolute Gasteiger partial charge is 0.504 e. The lowest BCUT2D eigenvalue weighted by molar-refractivity contribution is 0.111. The van der Waals surface area contributed by atoms with Gasteiger partial charge in [0, 0.05) is 12.1 Å². The summed E-state index contributed by atoms with van der Waals surface area (Å²) in [6.45, 7) is 10.2. The predicted molar refractivity (Wildman–Crippen MR) is 103 cm³/mol. The molecule has 2 rings (SSSR count). The molecule has 0 aliphatic rings. The fourth-order valence-electron chi connectivity index (χ4n) is 2.84. The van der Waals surface area contributed by atoms with Crippen molar-refractivity contribution < 1.29 is 9.90 Å². The third-order valence-corrected chi connectivity index (χ3v) is 4.43. The minimum absolute atomic E-state index is 0.0209. The SMILES string of the molecule is Cc1nc(CC(C)CC(=N)c2ccc(C(C)(C)C)cc2)nc(C=O)c1O. The Morgan fingerprint density at radius 1 is 1.23 bits per heavy atom. The lowest BCUT2D eigenvalue weighted by atomic mass is 9.86. The van der Waals surface area contributed by atoms with Crippen molar-refractivity contribution in [1.29, 1.82) is 5.41 Å². The van der Waals surface area contributed by atoms with E-state index in [4.69, 9.17) is 5.41 Å². The van der Waals surface area contributed by atoms with Crippen LogP contribution >= 0.6 is 0 Å². The summed E-state index contributed by atoms with van der Waals surface area (Å²) in [6, 6.07) is 8.16. The molecule has 0 bridgehead atoms. The molecule has 1 atom stereocenters. The van der Waals surface area contributed by atoms with E-state index in [2.05, 4.69) is 42.9 Å². The van der Waals surface area contributed by atoms with Crippen LogP contribution in [0.15, 0.2) is 24.3 Å². The van der Waals surface area contributed by atoms with Crippen LogP contribution in [0.3, 0.4) is 0 Å². The Bertz CT molecular complexity index is 805. The second-order valence-electron chi connectivity index (χ2n) is 7.90. The molecule has 1 aromatic heterocycles. The van der Waals surface area contributed by atoms with Gasteiger partial charge in [-0.15, -0.1) is 0 Å². The fraction of sp³-hybridized carbons (Fsp3) is 0.429. The van der Waals surface area contributed by atoms with Crippen molar-refractivity contribution >= 4 is 12.0 Å². The van der Waals surface area contributed by atoms with E-state index in [1.165, 1.54) is 5.56 Å². The van der Waals surface area contributed by atoms with E-state index < -0.39 is 0 Å². The van der Waals surface area contributed by atoms with Crippen LogP contribution in [0.1, 0.15) is 67.2 Å². The molecule has 26 heavy (non-hydrogen) atoms. The van der Waals surface area contributed by atoms with E-state index in [1.54, 1.807) is 6.92 Å². The van der Waals surface area contributed by atoms with Crippen molar-refractivity contribution in [2.45, 2.75) is 52.9 Å². The third kappa shape index (κ3) is 4.75. The zero-order valence-electron chi connectivity index (χ0n) is 16.1. The predicted octanol–water partition coefficient (Wildman–Crippen LogP) is 4.24. The number of aldehydes is 1. The number of hydrogen-bond donors (Lipinski definition) is 2. The summed E-state index contributed by atoms with van der Waals surface area (Å²) in [5, 5.41) is 18.1. The number of nitrogens with zero attached hydrogens (tertiary/aromatic N) is 2. The molecule has 1 unspecified atom stereocenters. The van der Waals surface area contributed by atoms with Crippen LogP contribution in [0.5, 0.6) is 5.75 Å². The zero-order valence-corrected chi connectivity index (χ0v) is 16.1. The number of carbonyl (C=O) groups excluding carboxylic acids is 1. The van der Waals surface area contributed by atoms with E-state index in [0.717, 1.165) is 5.56 Å². The maximum Gasteiger partial charge on any atom is 0.172 e. The monoisotopic (exact) mass is 353 g/mol. The molecule has 2 N–H and O–H groups in total. The highest BCUT2D eigenvalue weighted by Gasteiger charge is 2.16. The van der Waals surface area contributed by atoms with Crippen LogP contribution in [0.25, 0.3) is 0 Å². The summed E-state index contributed by atoms with van der Waals surface area (Å²) < 4.78 is 0. The number of benzene rings is 1. The number of carbonyl (C=O) groups is 1. The van der Waals surface area contributed by atoms with Crippen molar-refractivity contribution in [1.82, 2.24) is 9.97 Å². The maximum atomic E-state index is 11.0. The molecule has 0 aliphatic heterocycles. The van der Waals surface area contributed by atoms with Gasteiger partial charge in [-0.1, -0.05) is 52.0 Å². The van der Waals surface area contributed by atoms with Gasteiger partial charge in [0.15, 0.2) is 12.0 Å². The molecule has 0 saturated heterocycles. The van der Waals surface area contributed by atoms with Crippen molar-refractivity contribution in [3.05, 3.63) is 52.6 Å². The van der Waals surface area contributed by atoms with E-state index in [9.17, 15) is 9.90 Å². The topological polar surface area (TPSA) is 86.9 Å². The maximum absolute atomic E-state index is 11.0. The second kappa shape index (κ2) is 7.77. The fourth-order valence-corrected chi connectivity index (χ4v) is 2.84. The Labute approximate surface area is 155 Å². The Hall–Kier alpha value is -2.56. The molecule has 0 radical (unpaired) electrons. The first-order chi connectivity index (χ1) is 12.1. The number of aromatic nitrogens is 2. The lowest BCUT2D eigenvalue weighted by Crippen LogP contribution is -2.13. The van der Waals surface area contributed by atoms with Gasteiger partial charge < -0.3 is 10.5 Å². The summed E-state index contributed by atoms with van der Waals surface area (Å²) in [7, 11) is 0. The average Bonchev–Trinajstić information content (AvgIpc) is 2.57. The molecule has 2 aromatic rings. The Morgan fingerprint density at radius 2 is 1.85 bits per heavy atom. The van der Waals surface area contributed by atoms with Crippen molar-refractivity contribution in [3.8, 4) is 5.75 Å². The molecule has 1 aromatic carbocycles. The molecule has 5 heteroatoms. The quantitative estimate of drug-likeness (QED) is 0.601. The van der Waals surface area contributed by atoms with Gasteiger partial charge in [0.05, 0.1) is 5.69 Å². The van der Waals surface area contributed by atoms with Gasteiger partial charge in [-0.3, -0.25) is 4.79 Å². The highest BCUT2D eigenvalue weighted by molar-refractivity contribution is 5.98. The molecular weight excluding hydrogens is 326 g/mol. The standard InChI is InChI=1S/C21H27N3O2/c1-13(11-19-23-14(2)20(26)18(12-25)24-19)10-17(22)15-6-8-16(9-7-15)21(3,4)5/h6-9,12-13,22,26H,10-11H2,1-5H3. The van der Waals surface area contributed by atoms with Gasteiger partial charge in [-0.2, -0.15) is 0 Å². The van der Waals surface area contributed by atoms with Crippen molar-refractivity contribution in [2.24, 2.45) is 5.92 Å². The Morgan fingerprint density at radius 3 is 2.38 bits per heavy atom. The summed E-state index contributed by atoms with van der Waals surface area (Å²) in [6.07, 6.45) is 1.68. The van der Waals surface area contributed by atoms with Gasteiger partial charge in [-0.25, -0.2) is 9.97 Å². The number of aromatic hydroxyl groups is 1. The highest BCUT2D eigenvalue weighted by Crippen LogP contribution is 2.23.